The molecule has 1 aliphatic rings. The molecule has 6 nitrogen and oxygen atoms in total. The number of hydrogen-bond acceptors (Lipinski definition) is 7. The van der Waals surface area contributed by atoms with Crippen LogP contribution in [0.25, 0.3) is 0 Å². The first-order chi connectivity index (χ1) is 12.4. The number of hydrogen-bond donors (Lipinski definition) is 0. The Morgan fingerprint density at radius 1 is 1.27 bits per heavy atom. The Hall–Kier alpha value is -1.99. The molecule has 1 aliphatic heterocycles. The van der Waals surface area contributed by atoms with Crippen molar-refractivity contribution in [1.82, 2.24) is 0 Å². The minimum absolute atomic E-state index is 0.145. The van der Waals surface area contributed by atoms with Gasteiger partial charge in [-0.15, -0.1) is 0 Å². The molecule has 1 aromatic heterocycles. The summed E-state index contributed by atoms with van der Waals surface area (Å²) in [5, 5.41) is 3.86. The fourth-order valence-electron chi connectivity index (χ4n) is 3.02. The van der Waals surface area contributed by atoms with Gasteiger partial charge in [0.05, 0.1) is 18.3 Å². The highest BCUT2D eigenvalue weighted by Crippen LogP contribution is 2.40. The van der Waals surface area contributed by atoms with Crippen LogP contribution in [0.15, 0.2) is 33.1 Å². The molecule has 0 saturated heterocycles. The molecule has 0 amide bonds. The quantitative estimate of drug-likeness (QED) is 0.537. The predicted octanol–water partition coefficient (Wildman–Crippen LogP) is 3.34. The van der Waals surface area contributed by atoms with Crippen molar-refractivity contribution < 1.29 is 23.8 Å². The van der Waals surface area contributed by atoms with Gasteiger partial charge in [0.15, 0.2) is 0 Å². The molecule has 1 aromatic rings. The van der Waals surface area contributed by atoms with Crippen molar-refractivity contribution in [2.45, 2.75) is 39.7 Å². The highest BCUT2D eigenvalue weighted by molar-refractivity contribution is 7.08. The van der Waals surface area contributed by atoms with Gasteiger partial charge in [0.2, 0.25) is 0 Å². The standard InChI is InChI=1S/C19H25NO5S/c1-11(2)25-19(22)16-13(4)20-12(3)15(18(21)24-8-7-23-5)17(16)14-6-9-26-10-14/h6,9-11,16-17H,7-8H2,1-5H3. The third-order valence-electron chi connectivity index (χ3n) is 4.08. The van der Waals surface area contributed by atoms with Crippen molar-refractivity contribution in [3.05, 3.63) is 33.7 Å². The molecule has 0 radical (unpaired) electrons. The highest BCUT2D eigenvalue weighted by Gasteiger charge is 2.42. The van der Waals surface area contributed by atoms with Crippen molar-refractivity contribution in [2.24, 2.45) is 10.9 Å². The first kappa shape index (κ1) is 20.3. The minimum Gasteiger partial charge on any atom is -0.462 e. The lowest BCUT2D eigenvalue weighted by atomic mass is 9.76. The summed E-state index contributed by atoms with van der Waals surface area (Å²) >= 11 is 1.51. The number of methoxy groups -OCH3 is 1. The maximum Gasteiger partial charge on any atom is 0.336 e. The molecule has 0 bridgehead atoms. The molecule has 7 heteroatoms. The molecule has 0 N–H and O–H groups in total. The van der Waals surface area contributed by atoms with E-state index in [4.69, 9.17) is 14.2 Å². The predicted molar refractivity (Wildman–Crippen MR) is 100 cm³/mol. The Morgan fingerprint density at radius 2 is 2.00 bits per heavy atom. The molecular formula is C19H25NO5S. The Morgan fingerprint density at radius 3 is 2.58 bits per heavy atom. The van der Waals surface area contributed by atoms with Gasteiger partial charge in [-0.2, -0.15) is 11.3 Å². The van der Waals surface area contributed by atoms with E-state index in [2.05, 4.69) is 4.99 Å². The first-order valence-electron chi connectivity index (χ1n) is 8.51. The van der Waals surface area contributed by atoms with Crippen molar-refractivity contribution in [3.8, 4) is 0 Å². The number of ether oxygens (including phenoxy) is 3. The van der Waals surface area contributed by atoms with E-state index in [1.54, 1.807) is 34.8 Å². The summed E-state index contributed by atoms with van der Waals surface area (Å²) in [5.74, 6) is -1.98. The van der Waals surface area contributed by atoms with Crippen LogP contribution in [-0.4, -0.2) is 44.1 Å². The number of esters is 2. The van der Waals surface area contributed by atoms with Crippen LogP contribution >= 0.6 is 11.3 Å². The second-order valence-electron chi connectivity index (χ2n) is 6.38. The topological polar surface area (TPSA) is 74.2 Å². The van der Waals surface area contributed by atoms with Gasteiger partial charge in [-0.3, -0.25) is 9.79 Å². The first-order valence-corrected chi connectivity index (χ1v) is 9.45. The van der Waals surface area contributed by atoms with E-state index in [9.17, 15) is 9.59 Å². The lowest BCUT2D eigenvalue weighted by Gasteiger charge is -2.31. The third-order valence-corrected chi connectivity index (χ3v) is 4.78. The molecule has 2 heterocycles. The molecule has 2 atom stereocenters. The van der Waals surface area contributed by atoms with E-state index in [1.165, 1.54) is 11.3 Å². The second kappa shape index (κ2) is 9.09. The SMILES string of the molecule is COCCOC(=O)C1=C(C)N=C(C)C(C(=O)OC(C)C)C1c1ccsc1. The van der Waals surface area contributed by atoms with Gasteiger partial charge in [0, 0.05) is 24.4 Å². The number of rotatable bonds is 7. The maximum atomic E-state index is 12.8. The molecule has 2 unspecified atom stereocenters. The number of nitrogens with zero attached hydrogens (tertiary/aromatic N) is 1. The van der Waals surface area contributed by atoms with E-state index in [0.717, 1.165) is 5.56 Å². The van der Waals surface area contributed by atoms with Crippen LogP contribution in [0, 0.1) is 5.92 Å². The lowest BCUT2D eigenvalue weighted by molar-refractivity contribution is -0.150. The van der Waals surface area contributed by atoms with Crippen LogP contribution in [0.5, 0.6) is 0 Å². The smallest absolute Gasteiger partial charge is 0.336 e. The van der Waals surface area contributed by atoms with E-state index in [-0.39, 0.29) is 18.7 Å². The Kier molecular flexibility index (Phi) is 7.11. The highest BCUT2D eigenvalue weighted by atomic mass is 32.1. The van der Waals surface area contributed by atoms with Crippen molar-refractivity contribution in [2.75, 3.05) is 20.3 Å². The summed E-state index contributed by atoms with van der Waals surface area (Å²) in [6.07, 6.45) is -0.248. The molecule has 0 aromatic carbocycles. The van der Waals surface area contributed by atoms with E-state index < -0.39 is 17.8 Å². The minimum atomic E-state index is -0.652. The number of carbonyl (C=O) groups is 2. The third kappa shape index (κ3) is 4.59. The summed E-state index contributed by atoms with van der Waals surface area (Å²) < 4.78 is 15.7. The average Bonchev–Trinajstić information content (AvgIpc) is 3.07. The molecule has 2 rings (SSSR count). The summed E-state index contributed by atoms with van der Waals surface area (Å²) in [5.41, 5.74) is 2.48. The molecule has 0 aliphatic carbocycles. The molecule has 0 fully saturated rings. The maximum absolute atomic E-state index is 12.8. The molecule has 0 spiro atoms. The number of carbonyl (C=O) groups excluding carboxylic acids is 2. The monoisotopic (exact) mass is 379 g/mol. The fourth-order valence-corrected chi connectivity index (χ4v) is 3.72. The van der Waals surface area contributed by atoms with Crippen LogP contribution in [0.2, 0.25) is 0 Å². The van der Waals surface area contributed by atoms with Crippen LogP contribution < -0.4 is 0 Å². The van der Waals surface area contributed by atoms with E-state index in [0.29, 0.717) is 23.6 Å². The van der Waals surface area contributed by atoms with Gasteiger partial charge in [-0.05, 0) is 50.1 Å². The summed E-state index contributed by atoms with van der Waals surface area (Å²) in [6.45, 7) is 7.61. The van der Waals surface area contributed by atoms with Crippen LogP contribution in [0.1, 0.15) is 39.2 Å². The van der Waals surface area contributed by atoms with Gasteiger partial charge in [0.1, 0.15) is 12.5 Å². The Labute approximate surface area is 157 Å². The number of thiophene rings is 1. The zero-order valence-electron chi connectivity index (χ0n) is 15.8. The van der Waals surface area contributed by atoms with Gasteiger partial charge in [0.25, 0.3) is 0 Å². The lowest BCUT2D eigenvalue weighted by Crippen LogP contribution is -2.37. The normalized spacial score (nSPS) is 20.2. The molecular weight excluding hydrogens is 354 g/mol. The molecule has 0 saturated carbocycles. The molecule has 142 valence electrons. The van der Waals surface area contributed by atoms with Crippen LogP contribution in [0.4, 0.5) is 0 Å². The molecule has 26 heavy (non-hydrogen) atoms. The Balaban J connectivity index is 2.43. The van der Waals surface area contributed by atoms with Crippen LogP contribution in [0.3, 0.4) is 0 Å². The number of aliphatic imine (C=N–C) groups is 1. The summed E-state index contributed by atoms with van der Waals surface area (Å²) in [4.78, 5) is 29.9. The van der Waals surface area contributed by atoms with Crippen molar-refractivity contribution in [3.63, 3.8) is 0 Å². The van der Waals surface area contributed by atoms with Gasteiger partial charge >= 0.3 is 11.9 Å². The summed E-state index contributed by atoms with van der Waals surface area (Å²) in [7, 11) is 1.54. The fraction of sp³-hybridized carbons (Fsp3) is 0.526. The van der Waals surface area contributed by atoms with E-state index in [1.807, 2.05) is 16.8 Å². The van der Waals surface area contributed by atoms with Crippen LogP contribution in [-0.2, 0) is 23.8 Å². The average molecular weight is 379 g/mol. The zero-order valence-corrected chi connectivity index (χ0v) is 16.6. The number of allylic oxidation sites excluding steroid dienone is 1. The van der Waals surface area contributed by atoms with Gasteiger partial charge < -0.3 is 14.2 Å². The largest absolute Gasteiger partial charge is 0.462 e. The second-order valence-corrected chi connectivity index (χ2v) is 7.16. The van der Waals surface area contributed by atoms with E-state index >= 15 is 0 Å². The van der Waals surface area contributed by atoms with Gasteiger partial charge in [-0.1, -0.05) is 0 Å². The van der Waals surface area contributed by atoms with Crippen molar-refractivity contribution >= 4 is 29.0 Å². The van der Waals surface area contributed by atoms with Crippen molar-refractivity contribution in [1.29, 1.82) is 0 Å². The Bertz CT molecular complexity index is 706. The van der Waals surface area contributed by atoms with Gasteiger partial charge in [-0.25, -0.2) is 4.79 Å². The zero-order chi connectivity index (χ0) is 19.3. The summed E-state index contributed by atoms with van der Waals surface area (Å²) in [6, 6.07) is 1.92.